The molecule has 0 saturated carbocycles. The van der Waals surface area contributed by atoms with Gasteiger partial charge in [-0.25, -0.2) is 0 Å². The first-order valence-corrected chi connectivity index (χ1v) is 15.3. The fourth-order valence-corrected chi connectivity index (χ4v) is 7.07. The number of benzene rings is 4. The maximum atomic E-state index is 6.96. The highest BCUT2D eigenvalue weighted by Crippen LogP contribution is 2.53. The maximum absolute atomic E-state index is 6.96. The average molecular weight is 593 g/mol. The minimum absolute atomic E-state index is 0.0729. The van der Waals surface area contributed by atoms with Gasteiger partial charge in [-0.05, 0) is 110 Å². The summed E-state index contributed by atoms with van der Waals surface area (Å²) in [4.78, 5) is 2.40. The molecule has 0 amide bonds. The van der Waals surface area contributed by atoms with Gasteiger partial charge in [0.05, 0.1) is 14.2 Å². The minimum atomic E-state index is 0.0729. The molecule has 5 heterocycles. The van der Waals surface area contributed by atoms with Crippen LogP contribution in [0.4, 0.5) is 0 Å². The van der Waals surface area contributed by atoms with E-state index >= 15 is 0 Å². The molecule has 6 bridgehead atoms. The van der Waals surface area contributed by atoms with Crippen molar-refractivity contribution < 1.29 is 28.4 Å². The van der Waals surface area contributed by atoms with Gasteiger partial charge in [0.2, 0.25) is 12.5 Å². The van der Waals surface area contributed by atoms with Crippen molar-refractivity contribution in [3.8, 4) is 46.0 Å². The Balaban J connectivity index is 1.33. The van der Waals surface area contributed by atoms with Crippen molar-refractivity contribution in [2.75, 3.05) is 41.1 Å². The van der Waals surface area contributed by atoms with Gasteiger partial charge in [-0.1, -0.05) is 18.2 Å². The van der Waals surface area contributed by atoms with E-state index in [1.807, 2.05) is 18.2 Å². The summed E-state index contributed by atoms with van der Waals surface area (Å²) < 4.78 is 37.0. The van der Waals surface area contributed by atoms with Crippen LogP contribution in [-0.4, -0.2) is 46.0 Å². The van der Waals surface area contributed by atoms with E-state index in [9.17, 15) is 0 Å². The molecule has 1 N–H and O–H groups in total. The van der Waals surface area contributed by atoms with Gasteiger partial charge in [0.15, 0.2) is 34.5 Å². The summed E-state index contributed by atoms with van der Waals surface area (Å²) >= 11 is 0. The predicted molar refractivity (Wildman–Crippen MR) is 166 cm³/mol. The first-order valence-electron chi connectivity index (χ1n) is 15.3. The number of ether oxygens (including phenoxy) is 6. The molecule has 0 fully saturated rings. The third-order valence-electron chi connectivity index (χ3n) is 9.39. The van der Waals surface area contributed by atoms with Gasteiger partial charge in [0.25, 0.3) is 0 Å². The smallest absolute Gasteiger partial charge is 0.231 e. The number of fused-ring (bicyclic) bond motifs is 3. The Bertz CT molecular complexity index is 1740. The Morgan fingerprint density at radius 1 is 0.750 bits per heavy atom. The molecule has 226 valence electrons. The van der Waals surface area contributed by atoms with E-state index < -0.39 is 0 Å². The zero-order valence-electron chi connectivity index (χ0n) is 25.3. The fourth-order valence-electron chi connectivity index (χ4n) is 7.07. The summed E-state index contributed by atoms with van der Waals surface area (Å²) in [5, 5.41) is 3.74. The van der Waals surface area contributed by atoms with Crippen LogP contribution in [0.25, 0.3) is 0 Å². The highest BCUT2D eigenvalue weighted by Gasteiger charge is 2.35. The van der Waals surface area contributed by atoms with Gasteiger partial charge in [-0.3, -0.25) is 4.90 Å². The number of rotatable bonds is 2. The lowest BCUT2D eigenvalue weighted by Gasteiger charge is -2.36. The second-order valence-corrected chi connectivity index (χ2v) is 12.0. The van der Waals surface area contributed by atoms with E-state index in [1.54, 1.807) is 14.2 Å². The Labute approximate surface area is 257 Å². The van der Waals surface area contributed by atoms with Gasteiger partial charge in [-0.15, -0.1) is 0 Å². The lowest BCUT2D eigenvalue weighted by molar-refractivity contribution is 0.171. The molecule has 2 atom stereocenters. The SMILES string of the molecule is COc1ccc2cc1Oc1ccc(cc1)C[C@H]1c3c(cc4c(c3Oc3cc5c(cc3OC)CCN[C@@H]5C2)OCO4)CCN1C. The third kappa shape index (κ3) is 4.69. The average Bonchev–Trinajstić information content (AvgIpc) is 3.52. The summed E-state index contributed by atoms with van der Waals surface area (Å²) in [6.07, 6.45) is 3.38. The summed E-state index contributed by atoms with van der Waals surface area (Å²) in [5.74, 6) is 5.66. The molecule has 0 aromatic heterocycles. The standard InChI is InChI=1S/C36H36N2O6/c1-38-13-11-24-18-33-35(42-20-41-33)36-34(24)28(38)15-21-4-7-25(8-5-21)43-31-16-22(6-9-29(31)39-2)14-27-26-19-32(44-36)30(40-3)17-23(26)10-12-37-27/h4-9,16-19,27-28,37H,10-15,20H2,1-3H3/t27-,28+/m1/s1. The Morgan fingerprint density at radius 2 is 1.57 bits per heavy atom. The van der Waals surface area contributed by atoms with Gasteiger partial charge in [0, 0.05) is 24.2 Å². The molecular formula is C36H36N2O6. The molecule has 4 aromatic rings. The first-order chi connectivity index (χ1) is 21.6. The van der Waals surface area contributed by atoms with Crippen molar-refractivity contribution in [3.63, 3.8) is 0 Å². The van der Waals surface area contributed by atoms with Crippen LogP contribution >= 0.6 is 0 Å². The van der Waals surface area contributed by atoms with Crippen molar-refractivity contribution in [3.05, 3.63) is 94.0 Å². The van der Waals surface area contributed by atoms with Crippen LogP contribution < -0.4 is 33.7 Å². The number of likely N-dealkylation sites (N-methyl/N-ethyl adjacent to an activating group) is 1. The van der Waals surface area contributed by atoms with Crippen LogP contribution in [0.15, 0.2) is 60.7 Å². The van der Waals surface area contributed by atoms with E-state index in [1.165, 1.54) is 22.3 Å². The van der Waals surface area contributed by atoms with Crippen molar-refractivity contribution in [1.29, 1.82) is 0 Å². The largest absolute Gasteiger partial charge is 0.493 e. The first kappa shape index (κ1) is 27.2. The summed E-state index contributed by atoms with van der Waals surface area (Å²) in [7, 11) is 5.56. The summed E-state index contributed by atoms with van der Waals surface area (Å²) in [6, 6.07) is 21.1. The van der Waals surface area contributed by atoms with Crippen molar-refractivity contribution >= 4 is 0 Å². The topological polar surface area (TPSA) is 70.7 Å². The zero-order valence-corrected chi connectivity index (χ0v) is 25.3. The van der Waals surface area contributed by atoms with Crippen molar-refractivity contribution in [1.82, 2.24) is 10.2 Å². The number of methoxy groups -OCH3 is 2. The Morgan fingerprint density at radius 3 is 2.41 bits per heavy atom. The lowest BCUT2D eigenvalue weighted by atomic mass is 9.87. The van der Waals surface area contributed by atoms with Crippen LogP contribution in [0.1, 0.15) is 45.5 Å². The third-order valence-corrected chi connectivity index (χ3v) is 9.39. The van der Waals surface area contributed by atoms with E-state index in [4.69, 9.17) is 28.4 Å². The number of hydrogen-bond donors (Lipinski definition) is 1. The molecule has 8 heteroatoms. The monoisotopic (exact) mass is 592 g/mol. The fraction of sp³-hybridized carbons (Fsp3) is 0.333. The number of nitrogens with one attached hydrogen (secondary N) is 1. The molecule has 0 unspecified atom stereocenters. The van der Waals surface area contributed by atoms with Gasteiger partial charge >= 0.3 is 0 Å². The quantitative estimate of drug-likeness (QED) is 0.282. The normalized spacial score (nSPS) is 20.1. The lowest BCUT2D eigenvalue weighted by Crippen LogP contribution is -2.34. The molecule has 4 aromatic carbocycles. The number of nitrogens with zero attached hydrogens (tertiary/aromatic N) is 1. The van der Waals surface area contributed by atoms with E-state index in [0.717, 1.165) is 61.4 Å². The minimum Gasteiger partial charge on any atom is -0.493 e. The predicted octanol–water partition coefficient (Wildman–Crippen LogP) is 6.53. The second-order valence-electron chi connectivity index (χ2n) is 12.0. The molecule has 8 nitrogen and oxygen atoms in total. The Hall–Kier alpha value is -4.40. The maximum Gasteiger partial charge on any atom is 0.231 e. The highest BCUT2D eigenvalue weighted by molar-refractivity contribution is 5.64. The molecule has 44 heavy (non-hydrogen) atoms. The van der Waals surface area contributed by atoms with Crippen LogP contribution in [0, 0.1) is 0 Å². The van der Waals surface area contributed by atoms with E-state index in [0.29, 0.717) is 34.5 Å². The van der Waals surface area contributed by atoms with Crippen LogP contribution in [0.3, 0.4) is 0 Å². The van der Waals surface area contributed by atoms with Crippen molar-refractivity contribution in [2.24, 2.45) is 0 Å². The zero-order chi connectivity index (χ0) is 29.8. The van der Waals surface area contributed by atoms with Gasteiger partial charge in [0.1, 0.15) is 5.75 Å². The molecule has 0 radical (unpaired) electrons. The molecule has 9 rings (SSSR count). The van der Waals surface area contributed by atoms with E-state index in [-0.39, 0.29) is 18.9 Å². The molecule has 0 aliphatic carbocycles. The highest BCUT2D eigenvalue weighted by atomic mass is 16.7. The second kappa shape index (κ2) is 10.9. The van der Waals surface area contributed by atoms with Crippen LogP contribution in [-0.2, 0) is 25.7 Å². The van der Waals surface area contributed by atoms with Gasteiger partial charge in [-0.2, -0.15) is 0 Å². The molecule has 0 spiro atoms. The molecule has 5 aliphatic rings. The van der Waals surface area contributed by atoms with Crippen LogP contribution in [0.2, 0.25) is 0 Å². The molecule has 0 saturated heterocycles. The summed E-state index contributed by atoms with van der Waals surface area (Å²) in [6.45, 7) is 1.99. The Kier molecular flexibility index (Phi) is 6.76. The van der Waals surface area contributed by atoms with Crippen LogP contribution in [0.5, 0.6) is 46.0 Å². The summed E-state index contributed by atoms with van der Waals surface area (Å²) in [5.41, 5.74) is 7.17. The number of hydrogen-bond acceptors (Lipinski definition) is 8. The molecular weight excluding hydrogens is 556 g/mol. The van der Waals surface area contributed by atoms with Crippen molar-refractivity contribution in [2.45, 2.75) is 37.8 Å². The van der Waals surface area contributed by atoms with Gasteiger partial charge < -0.3 is 33.7 Å². The molecule has 5 aliphatic heterocycles. The van der Waals surface area contributed by atoms with E-state index in [2.05, 4.69) is 59.7 Å².